The molecule has 0 fully saturated rings. The first kappa shape index (κ1) is 20.9. The van der Waals surface area contributed by atoms with Gasteiger partial charge in [0.2, 0.25) is 5.88 Å². The standard InChI is InChI=1S/C19H17N3O7S/c1-27-13-5-7-14(8-6-13)29-19-16(4-3-11-20-19)21-30(25,26)15-9-10-18(28-2)17(12-15)22(23)24/h3-12,21H,1-2H3. The first-order valence-electron chi connectivity index (χ1n) is 8.46. The number of nitrogens with zero attached hydrogens (tertiary/aromatic N) is 2. The fraction of sp³-hybridized carbons (Fsp3) is 0.105. The summed E-state index contributed by atoms with van der Waals surface area (Å²) in [4.78, 5) is 14.2. The van der Waals surface area contributed by atoms with Crippen LogP contribution < -0.4 is 18.9 Å². The van der Waals surface area contributed by atoms with Crippen molar-refractivity contribution in [1.82, 2.24) is 4.98 Å². The van der Waals surface area contributed by atoms with Crippen LogP contribution in [0.1, 0.15) is 0 Å². The van der Waals surface area contributed by atoms with Crippen molar-refractivity contribution in [2.24, 2.45) is 0 Å². The predicted octanol–water partition coefficient (Wildman–Crippen LogP) is 3.60. The Morgan fingerprint density at radius 2 is 1.70 bits per heavy atom. The molecular weight excluding hydrogens is 414 g/mol. The van der Waals surface area contributed by atoms with Gasteiger partial charge >= 0.3 is 5.69 Å². The fourth-order valence-electron chi connectivity index (χ4n) is 2.49. The summed E-state index contributed by atoms with van der Waals surface area (Å²) < 4.78 is 43.6. The van der Waals surface area contributed by atoms with Gasteiger partial charge < -0.3 is 14.2 Å². The summed E-state index contributed by atoms with van der Waals surface area (Å²) in [6.07, 6.45) is 1.44. The summed E-state index contributed by atoms with van der Waals surface area (Å²) >= 11 is 0. The Kier molecular flexibility index (Phi) is 6.02. The number of nitro groups is 1. The van der Waals surface area contributed by atoms with E-state index in [4.69, 9.17) is 14.2 Å². The van der Waals surface area contributed by atoms with Crippen molar-refractivity contribution in [2.45, 2.75) is 4.90 Å². The average molecular weight is 431 g/mol. The Labute approximate surface area is 172 Å². The lowest BCUT2D eigenvalue weighted by Crippen LogP contribution is -2.14. The second-order valence-corrected chi connectivity index (χ2v) is 7.51. The van der Waals surface area contributed by atoms with Gasteiger partial charge in [-0.05, 0) is 48.5 Å². The van der Waals surface area contributed by atoms with Gasteiger partial charge in [0, 0.05) is 12.3 Å². The third kappa shape index (κ3) is 4.58. The highest BCUT2D eigenvalue weighted by molar-refractivity contribution is 7.92. The maximum atomic E-state index is 12.8. The molecule has 3 rings (SSSR count). The molecule has 1 aromatic heterocycles. The zero-order valence-corrected chi connectivity index (χ0v) is 16.8. The Balaban J connectivity index is 1.90. The first-order chi connectivity index (χ1) is 14.3. The summed E-state index contributed by atoms with van der Waals surface area (Å²) in [6.45, 7) is 0. The molecule has 2 aromatic carbocycles. The van der Waals surface area contributed by atoms with Crippen molar-refractivity contribution in [2.75, 3.05) is 18.9 Å². The third-order valence-electron chi connectivity index (χ3n) is 3.95. The van der Waals surface area contributed by atoms with E-state index in [2.05, 4.69) is 9.71 Å². The van der Waals surface area contributed by atoms with Crippen LogP contribution in [-0.2, 0) is 10.0 Å². The number of methoxy groups -OCH3 is 2. The molecule has 1 heterocycles. The van der Waals surface area contributed by atoms with Crippen LogP contribution >= 0.6 is 0 Å². The number of nitrogens with one attached hydrogen (secondary N) is 1. The second-order valence-electron chi connectivity index (χ2n) is 5.83. The van der Waals surface area contributed by atoms with Gasteiger partial charge in [0.15, 0.2) is 5.75 Å². The number of ether oxygens (including phenoxy) is 3. The SMILES string of the molecule is COc1ccc(Oc2ncccc2NS(=O)(=O)c2ccc(OC)c([N+](=O)[O-])c2)cc1. The molecule has 156 valence electrons. The summed E-state index contributed by atoms with van der Waals surface area (Å²) in [5.41, 5.74) is -0.409. The van der Waals surface area contributed by atoms with Crippen LogP contribution in [0.25, 0.3) is 0 Å². The molecule has 10 nitrogen and oxygen atoms in total. The maximum absolute atomic E-state index is 12.8. The molecular formula is C19H17N3O7S. The van der Waals surface area contributed by atoms with Crippen LogP contribution in [-0.4, -0.2) is 32.5 Å². The molecule has 0 saturated heterocycles. The van der Waals surface area contributed by atoms with Crippen LogP contribution in [0.4, 0.5) is 11.4 Å². The highest BCUT2D eigenvalue weighted by atomic mass is 32.2. The van der Waals surface area contributed by atoms with Gasteiger partial charge in [-0.15, -0.1) is 0 Å². The number of anilines is 1. The largest absolute Gasteiger partial charge is 0.497 e. The maximum Gasteiger partial charge on any atom is 0.312 e. The molecule has 3 aromatic rings. The number of hydrogen-bond acceptors (Lipinski definition) is 8. The molecule has 0 aliphatic heterocycles. The predicted molar refractivity (Wildman–Crippen MR) is 108 cm³/mol. The number of pyridine rings is 1. The van der Waals surface area contributed by atoms with Crippen molar-refractivity contribution >= 4 is 21.4 Å². The Morgan fingerprint density at radius 1 is 1.00 bits per heavy atom. The summed E-state index contributed by atoms with van der Waals surface area (Å²) in [6, 6.07) is 13.0. The molecule has 0 amide bonds. The fourth-order valence-corrected chi connectivity index (χ4v) is 3.57. The lowest BCUT2D eigenvalue weighted by molar-refractivity contribution is -0.386. The quantitative estimate of drug-likeness (QED) is 0.423. The van der Waals surface area contributed by atoms with Crippen LogP contribution in [0.15, 0.2) is 65.7 Å². The van der Waals surface area contributed by atoms with Gasteiger partial charge in [0.05, 0.1) is 24.0 Å². The zero-order chi connectivity index (χ0) is 21.7. The lowest BCUT2D eigenvalue weighted by Gasteiger charge is -2.13. The summed E-state index contributed by atoms with van der Waals surface area (Å²) in [7, 11) is -1.38. The molecule has 0 unspecified atom stereocenters. The average Bonchev–Trinajstić information content (AvgIpc) is 2.75. The van der Waals surface area contributed by atoms with E-state index in [9.17, 15) is 18.5 Å². The molecule has 0 radical (unpaired) electrons. The van der Waals surface area contributed by atoms with E-state index in [1.54, 1.807) is 24.3 Å². The molecule has 30 heavy (non-hydrogen) atoms. The van der Waals surface area contributed by atoms with E-state index in [1.807, 2.05) is 0 Å². The Bertz CT molecular complexity index is 1170. The smallest absolute Gasteiger partial charge is 0.312 e. The van der Waals surface area contributed by atoms with Crippen molar-refractivity contribution < 1.29 is 27.6 Å². The highest BCUT2D eigenvalue weighted by Crippen LogP contribution is 2.32. The van der Waals surface area contributed by atoms with E-state index in [0.717, 1.165) is 6.07 Å². The normalized spacial score (nSPS) is 10.9. The Hall–Kier alpha value is -3.86. The van der Waals surface area contributed by atoms with Crippen molar-refractivity contribution in [3.05, 3.63) is 70.9 Å². The van der Waals surface area contributed by atoms with Gasteiger partial charge in [-0.2, -0.15) is 0 Å². The van der Waals surface area contributed by atoms with E-state index in [1.165, 1.54) is 44.7 Å². The monoisotopic (exact) mass is 431 g/mol. The molecule has 0 atom stereocenters. The molecule has 1 N–H and O–H groups in total. The van der Waals surface area contributed by atoms with Gasteiger partial charge in [-0.3, -0.25) is 14.8 Å². The molecule has 0 aliphatic rings. The van der Waals surface area contributed by atoms with Crippen LogP contribution in [0, 0.1) is 10.1 Å². The van der Waals surface area contributed by atoms with E-state index in [-0.39, 0.29) is 22.2 Å². The second kappa shape index (κ2) is 8.66. The highest BCUT2D eigenvalue weighted by Gasteiger charge is 2.23. The molecule has 0 saturated carbocycles. The van der Waals surface area contributed by atoms with Gasteiger partial charge in [-0.1, -0.05) is 0 Å². The van der Waals surface area contributed by atoms with Crippen LogP contribution in [0.3, 0.4) is 0 Å². The van der Waals surface area contributed by atoms with Crippen molar-refractivity contribution in [3.63, 3.8) is 0 Å². The molecule has 0 bridgehead atoms. The topological polar surface area (TPSA) is 130 Å². The zero-order valence-electron chi connectivity index (χ0n) is 15.9. The minimum absolute atomic E-state index is 0.00857. The number of nitro benzene ring substituents is 1. The molecule has 11 heteroatoms. The van der Waals surface area contributed by atoms with Crippen molar-refractivity contribution in [1.29, 1.82) is 0 Å². The number of rotatable bonds is 8. The number of hydrogen-bond donors (Lipinski definition) is 1. The van der Waals surface area contributed by atoms with Gasteiger partial charge in [-0.25, -0.2) is 13.4 Å². The number of benzene rings is 2. The Morgan fingerprint density at radius 3 is 2.33 bits per heavy atom. The van der Waals surface area contributed by atoms with E-state index in [0.29, 0.717) is 11.5 Å². The molecule has 0 spiro atoms. The number of aromatic nitrogens is 1. The van der Waals surface area contributed by atoms with Crippen LogP contribution in [0.2, 0.25) is 0 Å². The van der Waals surface area contributed by atoms with E-state index < -0.39 is 20.6 Å². The van der Waals surface area contributed by atoms with Crippen molar-refractivity contribution in [3.8, 4) is 23.1 Å². The number of sulfonamides is 1. The summed E-state index contributed by atoms with van der Waals surface area (Å²) in [5.74, 6) is 0.999. The van der Waals surface area contributed by atoms with E-state index >= 15 is 0 Å². The van der Waals surface area contributed by atoms with Gasteiger partial charge in [0.1, 0.15) is 17.2 Å². The third-order valence-corrected chi connectivity index (χ3v) is 5.31. The summed E-state index contributed by atoms with van der Waals surface area (Å²) in [5, 5.41) is 11.2. The lowest BCUT2D eigenvalue weighted by atomic mass is 10.3. The minimum Gasteiger partial charge on any atom is -0.497 e. The van der Waals surface area contributed by atoms with Crippen LogP contribution in [0.5, 0.6) is 23.1 Å². The van der Waals surface area contributed by atoms with Gasteiger partial charge in [0.25, 0.3) is 10.0 Å². The minimum atomic E-state index is -4.17. The first-order valence-corrected chi connectivity index (χ1v) is 9.94. The molecule has 0 aliphatic carbocycles.